The highest BCUT2D eigenvalue weighted by atomic mass is 15.2. The minimum absolute atomic E-state index is 0.569. The molecule has 0 aliphatic heterocycles. The van der Waals surface area contributed by atoms with Crippen LogP contribution in [-0.2, 0) is 0 Å². The number of nitrogens with zero attached hydrogens (tertiary/aromatic N) is 2. The molecule has 0 bridgehead atoms. The molecule has 14 aromatic carbocycles. The van der Waals surface area contributed by atoms with Crippen molar-refractivity contribution in [3.05, 3.63) is 324 Å². The Balaban J connectivity index is 0.817. The molecule has 0 saturated carbocycles. The van der Waals surface area contributed by atoms with Gasteiger partial charge in [-0.05, 0) is 236 Å². The molecule has 2 nitrogen and oxygen atoms in total. The molecule has 0 heterocycles. The van der Waals surface area contributed by atoms with Crippen LogP contribution in [0.4, 0.5) is 34.1 Å². The normalized spacial score (nSPS) is 12.1. The quantitative estimate of drug-likeness (QED) is 0.0890. The molecule has 0 saturated heterocycles. The van der Waals surface area contributed by atoms with Gasteiger partial charge in [0.15, 0.2) is 0 Å². The van der Waals surface area contributed by atoms with Crippen LogP contribution in [0.5, 0.6) is 0 Å². The highest BCUT2D eigenvalue weighted by molar-refractivity contribution is 6.25. The third-order valence-electron chi connectivity index (χ3n) is 20.1. The molecular formula is C92H82N2. The molecule has 0 amide bonds. The first-order chi connectivity index (χ1) is 45.8. The zero-order valence-electron chi connectivity index (χ0n) is 56.0. The largest absolute Gasteiger partial charge is 0.309 e. The predicted octanol–water partition coefficient (Wildman–Crippen LogP) is 27.0. The van der Waals surface area contributed by atoms with Crippen molar-refractivity contribution in [1.82, 2.24) is 0 Å². The third-order valence-corrected chi connectivity index (χ3v) is 20.1. The Labute approximate surface area is 557 Å². The SMILES string of the molecule is CCC(C)c1ccc(-c2ccc(-c3ccc(-c4ccc(N(c5ccc(C)cc5C)c5cc6c7ccccc7c(N(c7ccc(C)cc7C)c7ccc(-c8ccc(-c9ccc(-c%10ccc(C(C)CC)cc%10)cc9)cc8)cc7C)cc6c6ccccc56)c(C)c4)cc3)cc2)cc1. The number of aryl methyl sites for hydroxylation is 6. The first-order valence-corrected chi connectivity index (χ1v) is 33.7. The Morgan fingerprint density at radius 2 is 0.457 bits per heavy atom. The van der Waals surface area contributed by atoms with Crippen molar-refractivity contribution in [2.45, 2.75) is 93.9 Å². The van der Waals surface area contributed by atoms with Crippen LogP contribution < -0.4 is 9.80 Å². The second kappa shape index (κ2) is 25.9. The van der Waals surface area contributed by atoms with Gasteiger partial charge in [-0.1, -0.05) is 269 Å². The van der Waals surface area contributed by atoms with E-state index < -0.39 is 0 Å². The van der Waals surface area contributed by atoms with Crippen molar-refractivity contribution >= 4 is 66.4 Å². The molecule has 0 aromatic heterocycles. The molecule has 0 aliphatic carbocycles. The summed E-state index contributed by atoms with van der Waals surface area (Å²) >= 11 is 0. The molecule has 14 rings (SSSR count). The van der Waals surface area contributed by atoms with Gasteiger partial charge in [-0.2, -0.15) is 0 Å². The average molecular weight is 1220 g/mol. The summed E-state index contributed by atoms with van der Waals surface area (Å²) in [5.41, 5.74) is 31.6. The first-order valence-electron chi connectivity index (χ1n) is 33.7. The van der Waals surface area contributed by atoms with Gasteiger partial charge >= 0.3 is 0 Å². The van der Waals surface area contributed by atoms with E-state index in [0.717, 1.165) is 47.0 Å². The van der Waals surface area contributed by atoms with Crippen molar-refractivity contribution in [2.75, 3.05) is 9.80 Å². The highest BCUT2D eigenvalue weighted by Crippen LogP contribution is 2.50. The van der Waals surface area contributed by atoms with Crippen molar-refractivity contribution in [3.8, 4) is 66.8 Å². The summed E-state index contributed by atoms with van der Waals surface area (Å²) in [6, 6.07) is 105. The standard InChI is InChI=1S/C92H82N2/c1-11-61(5)67-23-27-69(28-24-67)71-31-35-73(36-32-71)75-39-43-77(44-40-75)79-47-51-89(65(9)55-79)93(87-49-21-59(3)53-63(87)7)91-57-85-82-18-14-16-20-84(82)92(58-86(85)81-17-13-15-19-83(81)91)94(88-50-22-60(4)54-64(88)8)90-52-48-80(56-66(90)10)78-45-41-76(42-46-78)74-37-33-72(34-38-74)70-29-25-68(26-30-70)62(6)12-2/h13-58,61-62H,11-12H2,1-10H3. The third kappa shape index (κ3) is 11.8. The van der Waals surface area contributed by atoms with Gasteiger partial charge in [-0.15, -0.1) is 0 Å². The van der Waals surface area contributed by atoms with Crippen LogP contribution in [0.2, 0.25) is 0 Å². The highest BCUT2D eigenvalue weighted by Gasteiger charge is 2.26. The van der Waals surface area contributed by atoms with E-state index in [2.05, 4.69) is 358 Å². The van der Waals surface area contributed by atoms with Crippen LogP contribution in [0.3, 0.4) is 0 Å². The Kier molecular flexibility index (Phi) is 16.8. The van der Waals surface area contributed by atoms with Crippen LogP contribution in [-0.4, -0.2) is 0 Å². The lowest BCUT2D eigenvalue weighted by Gasteiger charge is -2.32. The lowest BCUT2D eigenvalue weighted by Crippen LogP contribution is -2.14. The summed E-state index contributed by atoms with van der Waals surface area (Å²) in [7, 11) is 0. The molecule has 0 radical (unpaired) electrons. The van der Waals surface area contributed by atoms with E-state index in [0.29, 0.717) is 11.8 Å². The van der Waals surface area contributed by atoms with Crippen molar-refractivity contribution in [3.63, 3.8) is 0 Å². The van der Waals surface area contributed by atoms with E-state index >= 15 is 0 Å². The van der Waals surface area contributed by atoms with Crippen molar-refractivity contribution in [1.29, 1.82) is 0 Å². The molecule has 94 heavy (non-hydrogen) atoms. The lowest BCUT2D eigenvalue weighted by atomic mass is 9.92. The van der Waals surface area contributed by atoms with Gasteiger partial charge in [-0.25, -0.2) is 0 Å². The van der Waals surface area contributed by atoms with E-state index in [1.807, 2.05) is 0 Å². The molecule has 460 valence electrons. The average Bonchev–Trinajstić information content (AvgIpc) is 0.727. The van der Waals surface area contributed by atoms with Gasteiger partial charge in [0.2, 0.25) is 0 Å². The summed E-state index contributed by atoms with van der Waals surface area (Å²) in [6.07, 6.45) is 2.29. The number of rotatable bonds is 16. The zero-order valence-corrected chi connectivity index (χ0v) is 56.0. The fourth-order valence-electron chi connectivity index (χ4n) is 14.2. The van der Waals surface area contributed by atoms with Gasteiger partial charge < -0.3 is 9.80 Å². The Morgan fingerprint density at radius 1 is 0.223 bits per heavy atom. The molecule has 2 atom stereocenters. The summed E-state index contributed by atoms with van der Waals surface area (Å²) in [5.74, 6) is 1.14. The minimum Gasteiger partial charge on any atom is -0.309 e. The van der Waals surface area contributed by atoms with E-state index in [-0.39, 0.29) is 0 Å². The van der Waals surface area contributed by atoms with Crippen molar-refractivity contribution in [2.24, 2.45) is 0 Å². The van der Waals surface area contributed by atoms with E-state index in [4.69, 9.17) is 0 Å². The van der Waals surface area contributed by atoms with Gasteiger partial charge in [0.05, 0.1) is 11.4 Å². The fraction of sp³-hybridized carbons (Fsp3) is 0.152. The molecule has 0 aliphatic rings. The summed E-state index contributed by atoms with van der Waals surface area (Å²) in [6.45, 7) is 22.5. The van der Waals surface area contributed by atoms with Gasteiger partial charge in [0.25, 0.3) is 0 Å². The molecular weight excluding hydrogens is 1130 g/mol. The first kappa shape index (κ1) is 61.0. The maximum Gasteiger partial charge on any atom is 0.0546 e. The number of hydrogen-bond acceptors (Lipinski definition) is 2. The molecule has 0 N–H and O–H groups in total. The molecule has 14 aromatic rings. The molecule has 0 spiro atoms. The number of hydrogen-bond donors (Lipinski definition) is 0. The smallest absolute Gasteiger partial charge is 0.0546 e. The number of fused-ring (bicyclic) bond motifs is 5. The minimum atomic E-state index is 0.569. The van der Waals surface area contributed by atoms with Gasteiger partial charge in [-0.3, -0.25) is 0 Å². The predicted molar refractivity (Wildman–Crippen MR) is 407 cm³/mol. The Bertz CT molecular complexity index is 4770. The summed E-state index contributed by atoms with van der Waals surface area (Å²) < 4.78 is 0. The second-order valence-electron chi connectivity index (χ2n) is 26.4. The summed E-state index contributed by atoms with van der Waals surface area (Å²) in [4.78, 5) is 5.05. The number of benzene rings is 14. The topological polar surface area (TPSA) is 6.48 Å². The monoisotopic (exact) mass is 1210 g/mol. The van der Waals surface area contributed by atoms with Crippen molar-refractivity contribution < 1.29 is 0 Å². The van der Waals surface area contributed by atoms with E-state index in [9.17, 15) is 0 Å². The maximum atomic E-state index is 2.53. The second-order valence-corrected chi connectivity index (χ2v) is 26.4. The van der Waals surface area contributed by atoms with E-state index in [1.54, 1.807) is 0 Å². The van der Waals surface area contributed by atoms with Gasteiger partial charge in [0, 0.05) is 33.5 Å². The zero-order chi connectivity index (χ0) is 64.7. The van der Waals surface area contributed by atoms with Gasteiger partial charge in [0.1, 0.15) is 0 Å². The Hall–Kier alpha value is -10.5. The fourth-order valence-corrected chi connectivity index (χ4v) is 14.2. The Morgan fingerprint density at radius 3 is 0.723 bits per heavy atom. The van der Waals surface area contributed by atoms with Crippen LogP contribution >= 0.6 is 0 Å². The molecule has 2 heteroatoms. The lowest BCUT2D eigenvalue weighted by molar-refractivity contribution is 0.734. The maximum absolute atomic E-state index is 2.53. The van der Waals surface area contributed by atoms with Crippen LogP contribution in [0.1, 0.15) is 96.9 Å². The van der Waals surface area contributed by atoms with Crippen LogP contribution in [0.25, 0.3) is 99.1 Å². The number of anilines is 6. The van der Waals surface area contributed by atoms with E-state index in [1.165, 1.54) is 144 Å². The molecule has 0 fully saturated rings. The summed E-state index contributed by atoms with van der Waals surface area (Å²) in [5, 5.41) is 7.20. The molecule has 2 unspecified atom stereocenters. The van der Waals surface area contributed by atoms with Crippen LogP contribution in [0, 0.1) is 41.5 Å². The van der Waals surface area contributed by atoms with Crippen LogP contribution in [0.15, 0.2) is 279 Å².